The number of rotatable bonds is 12. The van der Waals surface area contributed by atoms with Gasteiger partial charge in [-0.15, -0.1) is 0 Å². The molecule has 2 aromatic carbocycles. The van der Waals surface area contributed by atoms with Crippen LogP contribution in [0.5, 0.6) is 11.5 Å². The van der Waals surface area contributed by atoms with Gasteiger partial charge in [0.15, 0.2) is 18.8 Å². The molecule has 0 aromatic heterocycles. The Bertz CT molecular complexity index is 1380. The number of hydrogen-bond acceptors (Lipinski definition) is 13. The SMILES string of the molecule is CCOC(=O)COc1c(C)cc(-c2ccccc2O[C@H]2O[C@H](COC(C)=O)[C@@H](OC(C)=O)[C@H](OC(C)=O)[C@@H]2OC(C)=O)cc1C. The summed E-state index contributed by atoms with van der Waals surface area (Å²) in [6.07, 6.45) is -6.63. The van der Waals surface area contributed by atoms with Gasteiger partial charge in [-0.2, -0.15) is 0 Å². The maximum absolute atomic E-state index is 12.2. The van der Waals surface area contributed by atoms with Crippen LogP contribution in [0.1, 0.15) is 45.7 Å². The molecular formula is C32H38O13. The second kappa shape index (κ2) is 15.9. The van der Waals surface area contributed by atoms with Gasteiger partial charge in [0, 0.05) is 33.3 Å². The van der Waals surface area contributed by atoms with E-state index in [2.05, 4.69) is 0 Å². The lowest BCUT2D eigenvalue weighted by Gasteiger charge is -2.44. The highest BCUT2D eigenvalue weighted by Gasteiger charge is 2.53. The first-order valence-corrected chi connectivity index (χ1v) is 14.3. The van der Waals surface area contributed by atoms with Crippen LogP contribution in [0, 0.1) is 13.8 Å². The normalized spacial score (nSPS) is 20.7. The number of hydrogen-bond donors (Lipinski definition) is 0. The van der Waals surface area contributed by atoms with Gasteiger partial charge in [0.1, 0.15) is 24.2 Å². The topological polar surface area (TPSA) is 159 Å². The first kappa shape index (κ1) is 34.8. The van der Waals surface area contributed by atoms with Crippen LogP contribution in [0.15, 0.2) is 36.4 Å². The first-order valence-electron chi connectivity index (χ1n) is 14.3. The zero-order valence-corrected chi connectivity index (χ0v) is 26.3. The predicted molar refractivity (Wildman–Crippen MR) is 156 cm³/mol. The number of carbonyl (C=O) groups excluding carboxylic acids is 5. The van der Waals surface area contributed by atoms with Crippen LogP contribution >= 0.6 is 0 Å². The Morgan fingerprint density at radius 3 is 1.91 bits per heavy atom. The van der Waals surface area contributed by atoms with Crippen LogP contribution in [0.25, 0.3) is 11.1 Å². The van der Waals surface area contributed by atoms with E-state index in [1.54, 1.807) is 31.2 Å². The largest absolute Gasteiger partial charge is 0.481 e. The Balaban J connectivity index is 2.02. The highest BCUT2D eigenvalue weighted by Crippen LogP contribution is 2.38. The zero-order chi connectivity index (χ0) is 33.3. The fourth-order valence-electron chi connectivity index (χ4n) is 4.88. The summed E-state index contributed by atoms with van der Waals surface area (Å²) in [5, 5.41) is 0. The molecule has 5 atom stereocenters. The molecule has 1 aliphatic rings. The van der Waals surface area contributed by atoms with E-state index in [4.69, 9.17) is 37.9 Å². The van der Waals surface area contributed by atoms with Crippen LogP contribution in [-0.4, -0.2) is 80.4 Å². The van der Waals surface area contributed by atoms with Crippen molar-refractivity contribution in [2.75, 3.05) is 19.8 Å². The summed E-state index contributed by atoms with van der Waals surface area (Å²) >= 11 is 0. The van der Waals surface area contributed by atoms with E-state index in [1.165, 1.54) is 6.92 Å². The van der Waals surface area contributed by atoms with Gasteiger partial charge in [0.25, 0.3) is 0 Å². The fourth-order valence-corrected chi connectivity index (χ4v) is 4.88. The van der Waals surface area contributed by atoms with Crippen molar-refractivity contribution in [3.63, 3.8) is 0 Å². The summed E-state index contributed by atoms with van der Waals surface area (Å²) in [6, 6.07) is 10.7. The Morgan fingerprint density at radius 1 is 0.756 bits per heavy atom. The van der Waals surface area contributed by atoms with E-state index < -0.39 is 60.6 Å². The van der Waals surface area contributed by atoms with E-state index in [0.29, 0.717) is 17.1 Å². The Labute approximate surface area is 260 Å². The molecule has 0 radical (unpaired) electrons. The average Bonchev–Trinajstić information content (AvgIpc) is 2.94. The number of ether oxygens (including phenoxy) is 8. The van der Waals surface area contributed by atoms with E-state index in [9.17, 15) is 24.0 Å². The van der Waals surface area contributed by atoms with Crippen LogP contribution in [-0.2, 0) is 52.4 Å². The van der Waals surface area contributed by atoms with Crippen molar-refractivity contribution in [2.24, 2.45) is 0 Å². The Hall–Kier alpha value is -4.65. The molecule has 3 rings (SSSR count). The molecule has 0 spiro atoms. The summed E-state index contributed by atoms with van der Waals surface area (Å²) in [5.74, 6) is -2.51. The van der Waals surface area contributed by atoms with Crippen LogP contribution in [0.2, 0.25) is 0 Å². The van der Waals surface area contributed by atoms with E-state index >= 15 is 0 Å². The van der Waals surface area contributed by atoms with Gasteiger partial charge in [-0.1, -0.05) is 18.2 Å². The number of benzene rings is 2. The minimum Gasteiger partial charge on any atom is -0.481 e. The summed E-state index contributed by atoms with van der Waals surface area (Å²) in [4.78, 5) is 59.8. The van der Waals surface area contributed by atoms with Gasteiger partial charge in [-0.25, -0.2) is 4.79 Å². The molecular weight excluding hydrogens is 592 g/mol. The van der Waals surface area contributed by atoms with Crippen molar-refractivity contribution in [2.45, 2.75) is 79.2 Å². The molecule has 1 heterocycles. The van der Waals surface area contributed by atoms with Crippen molar-refractivity contribution in [1.29, 1.82) is 0 Å². The van der Waals surface area contributed by atoms with Gasteiger partial charge >= 0.3 is 29.8 Å². The fraction of sp³-hybridized carbons (Fsp3) is 0.469. The maximum Gasteiger partial charge on any atom is 0.344 e. The number of aryl methyl sites for hydroxylation is 2. The van der Waals surface area contributed by atoms with E-state index in [0.717, 1.165) is 37.5 Å². The summed E-state index contributed by atoms with van der Waals surface area (Å²) in [5.41, 5.74) is 2.84. The highest BCUT2D eigenvalue weighted by molar-refractivity contribution is 5.74. The summed E-state index contributed by atoms with van der Waals surface area (Å²) in [7, 11) is 0. The van der Waals surface area contributed by atoms with Crippen molar-refractivity contribution >= 4 is 29.8 Å². The second-order valence-electron chi connectivity index (χ2n) is 10.2. The molecule has 0 saturated carbocycles. The predicted octanol–water partition coefficient (Wildman–Crippen LogP) is 3.37. The molecule has 1 fully saturated rings. The minimum absolute atomic E-state index is 0.239. The average molecular weight is 631 g/mol. The van der Waals surface area contributed by atoms with Gasteiger partial charge in [0.05, 0.1) is 6.61 Å². The van der Waals surface area contributed by atoms with E-state index in [1.807, 2.05) is 26.0 Å². The second-order valence-corrected chi connectivity index (χ2v) is 10.2. The van der Waals surface area contributed by atoms with Crippen LogP contribution in [0.4, 0.5) is 0 Å². The molecule has 244 valence electrons. The minimum atomic E-state index is -1.40. The maximum atomic E-state index is 12.2. The van der Waals surface area contributed by atoms with Crippen LogP contribution < -0.4 is 9.47 Å². The van der Waals surface area contributed by atoms with Crippen molar-refractivity contribution in [1.82, 2.24) is 0 Å². The Kier molecular flexibility index (Phi) is 12.3. The Morgan fingerprint density at radius 2 is 1.33 bits per heavy atom. The molecule has 0 unspecified atom stereocenters. The first-order chi connectivity index (χ1) is 21.3. The smallest absolute Gasteiger partial charge is 0.344 e. The molecule has 0 N–H and O–H groups in total. The van der Waals surface area contributed by atoms with Gasteiger partial charge in [-0.3, -0.25) is 19.2 Å². The number of esters is 5. The lowest BCUT2D eigenvalue weighted by molar-refractivity contribution is -0.288. The highest BCUT2D eigenvalue weighted by atomic mass is 16.7. The number of carbonyl (C=O) groups is 5. The molecule has 13 nitrogen and oxygen atoms in total. The zero-order valence-electron chi connectivity index (χ0n) is 26.3. The van der Waals surface area contributed by atoms with Crippen molar-refractivity contribution < 1.29 is 61.9 Å². The molecule has 13 heteroatoms. The van der Waals surface area contributed by atoms with Crippen LogP contribution in [0.3, 0.4) is 0 Å². The standard InChI is InChI=1S/C32H38O13/c1-8-38-27(37)16-40-28-17(2)13-23(14-18(28)3)24-11-9-10-12-25(24)44-32-31(43-22(7)36)30(42-21(6)35)29(41-20(5)34)26(45-32)15-39-19(4)33/h9-14,26,29-32H,8,15-16H2,1-7H3/t26-,29-,30+,31+,32+/m1/s1. The van der Waals surface area contributed by atoms with Gasteiger partial charge in [0.2, 0.25) is 12.4 Å². The van der Waals surface area contributed by atoms with Gasteiger partial charge in [-0.05, 0) is 55.7 Å². The third kappa shape index (κ3) is 9.67. The molecule has 2 aromatic rings. The quantitative estimate of drug-likeness (QED) is 0.248. The van der Waals surface area contributed by atoms with Crippen molar-refractivity contribution in [3.8, 4) is 22.6 Å². The lowest BCUT2D eigenvalue weighted by Crippen LogP contribution is -2.63. The molecule has 45 heavy (non-hydrogen) atoms. The van der Waals surface area contributed by atoms with Crippen molar-refractivity contribution in [3.05, 3.63) is 47.5 Å². The molecule has 1 aliphatic heterocycles. The van der Waals surface area contributed by atoms with Gasteiger partial charge < -0.3 is 37.9 Å². The molecule has 1 saturated heterocycles. The van der Waals surface area contributed by atoms with E-state index in [-0.39, 0.29) is 19.8 Å². The number of para-hydroxylation sites is 1. The molecule has 0 aliphatic carbocycles. The summed E-state index contributed by atoms with van der Waals surface area (Å²) < 4.78 is 44.7. The monoisotopic (exact) mass is 630 g/mol. The third-order valence-corrected chi connectivity index (χ3v) is 6.49. The lowest BCUT2D eigenvalue weighted by atomic mass is 9.97. The molecule has 0 amide bonds. The molecule has 0 bridgehead atoms. The summed E-state index contributed by atoms with van der Waals surface area (Å²) in [6.45, 7) is 9.63. The third-order valence-electron chi connectivity index (χ3n) is 6.49.